The standard InChI is InChI=1S/C33H31N3O5/c1-41-31(37)30(20-23-12-4-2-5-13-23)35(22-24-14-6-3-7-15-24)32(38)36(33(39)40)34-21-29-27-18-10-8-16-25(27)26-17-9-11-19-28(26)29/h2-19,29-30,34H,20-22H2,1H3,(H,39,40). The maximum atomic E-state index is 14.0. The molecule has 0 aliphatic heterocycles. The molecule has 2 N–H and O–H groups in total. The molecule has 1 unspecified atom stereocenters. The number of imide groups is 1. The van der Waals surface area contributed by atoms with Crippen molar-refractivity contribution in [2.24, 2.45) is 0 Å². The average molecular weight is 550 g/mol. The monoisotopic (exact) mass is 549 g/mol. The molecule has 0 saturated heterocycles. The zero-order valence-electron chi connectivity index (χ0n) is 22.6. The average Bonchev–Trinajstić information content (AvgIpc) is 3.33. The summed E-state index contributed by atoms with van der Waals surface area (Å²) in [7, 11) is 1.26. The Balaban J connectivity index is 1.45. The van der Waals surface area contributed by atoms with Gasteiger partial charge in [-0.1, -0.05) is 109 Å². The number of amides is 3. The Morgan fingerprint density at radius 3 is 1.83 bits per heavy atom. The van der Waals surface area contributed by atoms with E-state index in [0.29, 0.717) is 5.01 Å². The Morgan fingerprint density at radius 2 is 1.29 bits per heavy atom. The number of urea groups is 1. The molecule has 5 rings (SSSR count). The molecule has 1 aliphatic carbocycles. The largest absolute Gasteiger partial charge is 0.467 e. The Bertz CT molecular complexity index is 1480. The molecule has 0 aromatic heterocycles. The van der Waals surface area contributed by atoms with Gasteiger partial charge in [0.25, 0.3) is 0 Å². The first-order valence-corrected chi connectivity index (χ1v) is 13.4. The highest BCUT2D eigenvalue weighted by Crippen LogP contribution is 2.44. The predicted molar refractivity (Wildman–Crippen MR) is 155 cm³/mol. The lowest BCUT2D eigenvalue weighted by Gasteiger charge is -2.33. The Morgan fingerprint density at radius 1 is 0.780 bits per heavy atom. The molecule has 0 bridgehead atoms. The Labute approximate surface area is 238 Å². The fourth-order valence-corrected chi connectivity index (χ4v) is 5.39. The SMILES string of the molecule is COC(=O)C(Cc1ccccc1)N(Cc1ccccc1)C(=O)N(NCC1c2ccccc2-c2ccccc21)C(=O)O. The van der Waals surface area contributed by atoms with E-state index in [1.54, 1.807) is 0 Å². The smallest absolute Gasteiger partial charge is 0.430 e. The summed E-state index contributed by atoms with van der Waals surface area (Å²) in [5.74, 6) is -0.803. The number of fused-ring (bicyclic) bond motifs is 3. The van der Waals surface area contributed by atoms with Crippen molar-refractivity contribution in [3.8, 4) is 11.1 Å². The van der Waals surface area contributed by atoms with E-state index in [2.05, 4.69) is 5.43 Å². The fourth-order valence-electron chi connectivity index (χ4n) is 5.39. The summed E-state index contributed by atoms with van der Waals surface area (Å²) in [6, 6.07) is 32.4. The maximum Gasteiger partial charge on any atom is 0.430 e. The third-order valence-electron chi connectivity index (χ3n) is 7.36. The number of hydrazine groups is 1. The topological polar surface area (TPSA) is 99.2 Å². The van der Waals surface area contributed by atoms with Gasteiger partial charge >= 0.3 is 18.1 Å². The van der Waals surface area contributed by atoms with E-state index >= 15 is 0 Å². The Hall–Kier alpha value is -4.95. The number of esters is 1. The van der Waals surface area contributed by atoms with Gasteiger partial charge in [0.15, 0.2) is 0 Å². The molecule has 0 heterocycles. The molecule has 41 heavy (non-hydrogen) atoms. The number of carbonyl (C=O) groups is 3. The van der Waals surface area contributed by atoms with E-state index < -0.39 is 24.1 Å². The van der Waals surface area contributed by atoms with E-state index in [-0.39, 0.29) is 25.4 Å². The first-order valence-electron chi connectivity index (χ1n) is 13.4. The van der Waals surface area contributed by atoms with E-state index in [9.17, 15) is 19.5 Å². The number of carboxylic acid groups (broad SMARTS) is 1. The fraction of sp³-hybridized carbons (Fsp3) is 0.182. The van der Waals surface area contributed by atoms with E-state index in [1.807, 2.05) is 109 Å². The van der Waals surface area contributed by atoms with Crippen LogP contribution in [0.3, 0.4) is 0 Å². The minimum absolute atomic E-state index is 0.00677. The molecule has 0 fully saturated rings. The molecule has 4 aromatic rings. The summed E-state index contributed by atoms with van der Waals surface area (Å²) >= 11 is 0. The van der Waals surface area contributed by atoms with Gasteiger partial charge in [0.05, 0.1) is 7.11 Å². The van der Waals surface area contributed by atoms with Crippen LogP contribution < -0.4 is 5.43 Å². The number of hydrogen-bond donors (Lipinski definition) is 2. The van der Waals surface area contributed by atoms with E-state index in [4.69, 9.17) is 4.74 Å². The van der Waals surface area contributed by atoms with Gasteiger partial charge in [0.1, 0.15) is 6.04 Å². The first-order chi connectivity index (χ1) is 20.0. The van der Waals surface area contributed by atoms with Gasteiger partial charge in [-0.25, -0.2) is 19.8 Å². The molecule has 3 amide bonds. The number of nitrogens with zero attached hydrogens (tertiary/aromatic N) is 2. The van der Waals surface area contributed by atoms with Crippen LogP contribution in [-0.2, 0) is 22.5 Å². The molecule has 0 saturated carbocycles. The second-order valence-corrected chi connectivity index (χ2v) is 9.83. The van der Waals surface area contributed by atoms with Crippen LogP contribution >= 0.6 is 0 Å². The van der Waals surface area contributed by atoms with Gasteiger partial charge in [-0.15, -0.1) is 0 Å². The molecule has 0 spiro atoms. The van der Waals surface area contributed by atoms with Crippen molar-refractivity contribution < 1.29 is 24.2 Å². The van der Waals surface area contributed by atoms with Crippen LogP contribution in [0.1, 0.15) is 28.2 Å². The van der Waals surface area contributed by atoms with Gasteiger partial charge in [-0.05, 0) is 33.4 Å². The molecule has 8 heteroatoms. The number of rotatable bonds is 9. The lowest BCUT2D eigenvalue weighted by molar-refractivity contribution is -0.146. The second kappa shape index (κ2) is 12.5. The summed E-state index contributed by atoms with van der Waals surface area (Å²) in [5.41, 5.74) is 8.70. The summed E-state index contributed by atoms with van der Waals surface area (Å²) < 4.78 is 5.09. The lowest BCUT2D eigenvalue weighted by atomic mass is 9.97. The van der Waals surface area contributed by atoms with Crippen LogP contribution in [0.5, 0.6) is 0 Å². The molecular weight excluding hydrogens is 518 g/mol. The van der Waals surface area contributed by atoms with Gasteiger partial charge in [0.2, 0.25) is 0 Å². The zero-order valence-corrected chi connectivity index (χ0v) is 22.6. The van der Waals surface area contributed by atoms with Crippen molar-refractivity contribution in [2.75, 3.05) is 13.7 Å². The second-order valence-electron chi connectivity index (χ2n) is 9.83. The third-order valence-corrected chi connectivity index (χ3v) is 7.36. The number of ether oxygens (including phenoxy) is 1. The van der Waals surface area contributed by atoms with Crippen LogP contribution in [0, 0.1) is 0 Å². The summed E-state index contributed by atoms with van der Waals surface area (Å²) in [6.07, 6.45) is -1.32. The normalized spacial score (nSPS) is 12.6. The number of nitrogens with one attached hydrogen (secondary N) is 1. The lowest BCUT2D eigenvalue weighted by Crippen LogP contribution is -2.57. The van der Waals surface area contributed by atoms with Crippen molar-refractivity contribution in [3.05, 3.63) is 131 Å². The first kappa shape index (κ1) is 27.6. The van der Waals surface area contributed by atoms with Crippen LogP contribution in [-0.4, -0.2) is 52.8 Å². The predicted octanol–water partition coefficient (Wildman–Crippen LogP) is 5.69. The van der Waals surface area contributed by atoms with Crippen LogP contribution in [0.2, 0.25) is 0 Å². The van der Waals surface area contributed by atoms with Crippen molar-refractivity contribution >= 4 is 18.1 Å². The summed E-state index contributed by atoms with van der Waals surface area (Å²) in [4.78, 5) is 40.9. The molecule has 8 nitrogen and oxygen atoms in total. The molecule has 0 radical (unpaired) electrons. The minimum Gasteiger partial charge on any atom is -0.467 e. The molecular formula is C33H31N3O5. The van der Waals surface area contributed by atoms with Crippen molar-refractivity contribution in [1.82, 2.24) is 15.3 Å². The quantitative estimate of drug-likeness (QED) is 0.206. The highest BCUT2D eigenvalue weighted by Gasteiger charge is 2.37. The number of carbonyl (C=O) groups excluding carboxylic acids is 2. The van der Waals surface area contributed by atoms with Gasteiger partial charge < -0.3 is 14.7 Å². The van der Waals surface area contributed by atoms with Crippen molar-refractivity contribution in [1.29, 1.82) is 0 Å². The van der Waals surface area contributed by atoms with Crippen LogP contribution in [0.25, 0.3) is 11.1 Å². The molecule has 208 valence electrons. The minimum atomic E-state index is -1.48. The van der Waals surface area contributed by atoms with Crippen molar-refractivity contribution in [3.63, 3.8) is 0 Å². The number of benzene rings is 4. The highest BCUT2D eigenvalue weighted by atomic mass is 16.5. The summed E-state index contributed by atoms with van der Waals surface area (Å²) in [6.45, 7) is 0.166. The highest BCUT2D eigenvalue weighted by molar-refractivity contribution is 5.92. The van der Waals surface area contributed by atoms with Crippen LogP contribution in [0.15, 0.2) is 109 Å². The number of methoxy groups -OCH3 is 1. The third kappa shape index (κ3) is 5.97. The molecule has 4 aromatic carbocycles. The van der Waals surface area contributed by atoms with Crippen molar-refractivity contribution in [2.45, 2.75) is 24.9 Å². The van der Waals surface area contributed by atoms with Gasteiger partial charge in [0, 0.05) is 25.4 Å². The number of hydrogen-bond acceptors (Lipinski definition) is 5. The molecule has 1 aliphatic rings. The van der Waals surface area contributed by atoms with E-state index in [1.165, 1.54) is 12.0 Å². The van der Waals surface area contributed by atoms with Gasteiger partial charge in [-0.3, -0.25) is 0 Å². The van der Waals surface area contributed by atoms with Gasteiger partial charge in [-0.2, -0.15) is 5.01 Å². The zero-order chi connectivity index (χ0) is 28.8. The summed E-state index contributed by atoms with van der Waals surface area (Å²) in [5, 5.41) is 10.8. The maximum absolute atomic E-state index is 14.0. The molecule has 1 atom stereocenters. The van der Waals surface area contributed by atoms with E-state index in [0.717, 1.165) is 33.4 Å². The van der Waals surface area contributed by atoms with Crippen LogP contribution in [0.4, 0.5) is 9.59 Å². The Kier molecular flexibility index (Phi) is 8.41.